The molecule has 4 aromatic heterocycles. The van der Waals surface area contributed by atoms with E-state index in [2.05, 4.69) is 87.8 Å². The van der Waals surface area contributed by atoms with Crippen molar-refractivity contribution in [2.75, 3.05) is 0 Å². The number of rotatable bonds is 2. The largest absolute Gasteiger partial charge is 0.490 e. The quantitative estimate of drug-likeness (QED) is 0.224. The zero-order chi connectivity index (χ0) is 28.2. The molecular weight excluding hydrogens is 563 g/mol. The van der Waals surface area contributed by atoms with Crippen LogP contribution in [0.15, 0.2) is 71.2 Å². The van der Waals surface area contributed by atoms with Gasteiger partial charge in [-0.1, -0.05) is 12.2 Å². The van der Waals surface area contributed by atoms with E-state index in [4.69, 9.17) is 9.31 Å². The van der Waals surface area contributed by atoms with Crippen LogP contribution < -0.4 is 0 Å². The Morgan fingerprint density at radius 3 is 1.98 bits per heavy atom. The normalized spacial score (nSPS) is 19.8. The van der Waals surface area contributed by atoms with Gasteiger partial charge in [0.1, 0.15) is 11.3 Å². The van der Waals surface area contributed by atoms with Gasteiger partial charge in [0.25, 0.3) is 0 Å². The molecule has 6 nitrogen and oxygen atoms in total. The van der Waals surface area contributed by atoms with E-state index in [-0.39, 0.29) is 18.3 Å². The van der Waals surface area contributed by atoms with Crippen LogP contribution in [0.3, 0.4) is 0 Å². The SMILES string of the molecule is Brc1cnc2[nH]ccc2c1.C1=C(c2cnc3[nH]ccc3c2)CCCC1.CC1(C)OB(C2=CCCCC2)OC1(C)C. The molecule has 1 aliphatic heterocycles. The van der Waals surface area contributed by atoms with Gasteiger partial charge in [0.2, 0.25) is 0 Å². The van der Waals surface area contributed by atoms with Crippen LogP contribution in [0.2, 0.25) is 0 Å². The Labute approximate surface area is 246 Å². The summed E-state index contributed by atoms with van der Waals surface area (Å²) in [7, 11) is -0.102. The molecule has 2 aliphatic carbocycles. The average molecular weight is 603 g/mol. The third-order valence-electron chi connectivity index (χ3n) is 8.31. The molecule has 0 atom stereocenters. The van der Waals surface area contributed by atoms with Crippen molar-refractivity contribution in [3.8, 4) is 0 Å². The molecule has 8 heteroatoms. The molecule has 40 heavy (non-hydrogen) atoms. The van der Waals surface area contributed by atoms with E-state index in [1.165, 1.54) is 66.9 Å². The first kappa shape index (κ1) is 28.8. The van der Waals surface area contributed by atoms with Crippen molar-refractivity contribution in [1.29, 1.82) is 0 Å². The number of nitrogens with zero attached hydrogens (tertiary/aromatic N) is 2. The van der Waals surface area contributed by atoms with Gasteiger partial charge in [-0.2, -0.15) is 0 Å². The van der Waals surface area contributed by atoms with Crippen LogP contribution in [-0.4, -0.2) is 38.3 Å². The molecule has 1 fully saturated rings. The maximum Gasteiger partial charge on any atom is 0.490 e. The third kappa shape index (κ3) is 6.78. The fourth-order valence-electron chi connectivity index (χ4n) is 5.20. The highest BCUT2D eigenvalue weighted by Crippen LogP contribution is 2.40. The topological polar surface area (TPSA) is 75.8 Å². The van der Waals surface area contributed by atoms with Gasteiger partial charge in [-0.3, -0.25) is 0 Å². The Morgan fingerprint density at radius 1 is 0.775 bits per heavy atom. The molecule has 0 amide bonds. The second-order valence-electron chi connectivity index (χ2n) is 11.8. The molecule has 1 saturated heterocycles. The molecule has 4 aromatic rings. The first-order valence-corrected chi connectivity index (χ1v) is 15.3. The molecule has 0 bridgehead atoms. The van der Waals surface area contributed by atoms with Crippen molar-refractivity contribution in [2.24, 2.45) is 0 Å². The second-order valence-corrected chi connectivity index (χ2v) is 12.7. The van der Waals surface area contributed by atoms with Gasteiger partial charge in [0.15, 0.2) is 0 Å². The van der Waals surface area contributed by atoms with E-state index in [0.29, 0.717) is 0 Å². The molecule has 2 N–H and O–H groups in total. The maximum atomic E-state index is 6.01. The van der Waals surface area contributed by atoms with Crippen molar-refractivity contribution >= 4 is 50.7 Å². The van der Waals surface area contributed by atoms with Gasteiger partial charge in [0.05, 0.1) is 11.2 Å². The molecule has 5 heterocycles. The number of pyridine rings is 2. The van der Waals surface area contributed by atoms with E-state index >= 15 is 0 Å². The number of halogens is 1. The van der Waals surface area contributed by atoms with E-state index in [1.54, 1.807) is 6.20 Å². The van der Waals surface area contributed by atoms with Crippen LogP contribution in [0.4, 0.5) is 0 Å². The fraction of sp³-hybridized carbons (Fsp3) is 0.438. The number of hydrogen-bond donors (Lipinski definition) is 2. The predicted octanol–water partition coefficient (Wildman–Crippen LogP) is 8.96. The van der Waals surface area contributed by atoms with E-state index < -0.39 is 0 Å². The number of nitrogens with one attached hydrogen (secondary N) is 2. The van der Waals surface area contributed by atoms with Crippen molar-refractivity contribution in [3.05, 3.63) is 76.7 Å². The molecule has 0 aromatic carbocycles. The van der Waals surface area contributed by atoms with Gasteiger partial charge >= 0.3 is 7.12 Å². The number of hydrogen-bond acceptors (Lipinski definition) is 4. The summed E-state index contributed by atoms with van der Waals surface area (Å²) >= 11 is 3.34. The number of fused-ring (bicyclic) bond motifs is 2. The zero-order valence-corrected chi connectivity index (χ0v) is 25.7. The smallest absolute Gasteiger partial charge is 0.400 e. The highest BCUT2D eigenvalue weighted by atomic mass is 79.9. The standard InChI is InChI=1S/C13H14N2.C12H21BO2.C7H5BrN2/c1-2-4-10(5-3-1)12-8-11-6-7-14-13(11)15-9-12;1-11(2)12(3,4)15-13(14-11)10-8-6-5-7-9-10;8-6-3-5-1-2-9-7(5)10-4-6/h4,6-9H,1-3,5H2,(H,14,15);8H,5-7,9H2,1-4H3;1-4H,(H,9,10). The Bertz CT molecular complexity index is 1490. The summed E-state index contributed by atoms with van der Waals surface area (Å²) in [6, 6.07) is 8.33. The highest BCUT2D eigenvalue weighted by Gasteiger charge is 2.52. The Balaban J connectivity index is 0.000000124. The molecule has 0 unspecified atom stereocenters. The molecule has 0 radical (unpaired) electrons. The summed E-state index contributed by atoms with van der Waals surface area (Å²) in [5.74, 6) is 0. The van der Waals surface area contributed by atoms with E-state index in [0.717, 1.165) is 27.6 Å². The summed E-state index contributed by atoms with van der Waals surface area (Å²) in [5, 5.41) is 2.34. The summed E-state index contributed by atoms with van der Waals surface area (Å²) < 4.78 is 13.0. The highest BCUT2D eigenvalue weighted by molar-refractivity contribution is 9.10. The van der Waals surface area contributed by atoms with Crippen LogP contribution in [0.5, 0.6) is 0 Å². The van der Waals surface area contributed by atoms with Crippen LogP contribution >= 0.6 is 15.9 Å². The van der Waals surface area contributed by atoms with Gasteiger partial charge in [-0.15, -0.1) is 0 Å². The number of aromatic amines is 2. The minimum Gasteiger partial charge on any atom is -0.400 e. The fourth-order valence-corrected chi connectivity index (χ4v) is 5.55. The Morgan fingerprint density at radius 2 is 1.38 bits per heavy atom. The van der Waals surface area contributed by atoms with E-state index in [1.807, 2.05) is 30.7 Å². The molecular formula is C32H40BBrN4O2. The number of aromatic nitrogens is 4. The van der Waals surface area contributed by atoms with Gasteiger partial charge < -0.3 is 19.3 Å². The first-order chi connectivity index (χ1) is 19.2. The molecule has 210 valence electrons. The molecule has 3 aliphatic rings. The lowest BCUT2D eigenvalue weighted by Gasteiger charge is -2.32. The summed E-state index contributed by atoms with van der Waals surface area (Å²) in [5.41, 5.74) is 5.63. The van der Waals surface area contributed by atoms with Gasteiger partial charge in [-0.25, -0.2) is 9.97 Å². The molecule has 0 spiro atoms. The average Bonchev–Trinajstić information content (AvgIpc) is 3.67. The third-order valence-corrected chi connectivity index (χ3v) is 8.74. The first-order valence-electron chi connectivity index (χ1n) is 14.5. The second kappa shape index (κ2) is 12.5. The zero-order valence-electron chi connectivity index (χ0n) is 24.1. The summed E-state index contributed by atoms with van der Waals surface area (Å²) in [6.45, 7) is 8.43. The van der Waals surface area contributed by atoms with Crippen molar-refractivity contribution < 1.29 is 9.31 Å². The number of allylic oxidation sites excluding steroid dienone is 4. The molecule has 0 saturated carbocycles. The number of H-pyrrole nitrogens is 2. The minimum absolute atomic E-state index is 0.102. The van der Waals surface area contributed by atoms with Gasteiger partial charge in [-0.05, 0) is 136 Å². The summed E-state index contributed by atoms with van der Waals surface area (Å²) in [6.07, 6.45) is 22.2. The Kier molecular flexibility index (Phi) is 8.98. The summed E-state index contributed by atoms with van der Waals surface area (Å²) in [4.78, 5) is 14.7. The van der Waals surface area contributed by atoms with Gasteiger partial charge in [0, 0.05) is 40.0 Å². The van der Waals surface area contributed by atoms with Crippen LogP contribution in [-0.2, 0) is 9.31 Å². The molecule has 7 rings (SSSR count). The van der Waals surface area contributed by atoms with Crippen molar-refractivity contribution in [1.82, 2.24) is 19.9 Å². The minimum atomic E-state index is -0.198. The lowest BCUT2D eigenvalue weighted by atomic mass is 9.73. The van der Waals surface area contributed by atoms with Crippen LogP contribution in [0.25, 0.3) is 27.6 Å². The van der Waals surface area contributed by atoms with Crippen molar-refractivity contribution in [3.63, 3.8) is 0 Å². The van der Waals surface area contributed by atoms with Crippen LogP contribution in [0, 0.1) is 0 Å². The predicted molar refractivity (Wildman–Crippen MR) is 169 cm³/mol. The lowest BCUT2D eigenvalue weighted by molar-refractivity contribution is 0.00578. The monoisotopic (exact) mass is 602 g/mol. The Hall–Kier alpha value is -2.68. The maximum absolute atomic E-state index is 6.01. The van der Waals surface area contributed by atoms with Crippen molar-refractivity contribution in [2.45, 2.75) is 90.3 Å². The lowest BCUT2D eigenvalue weighted by Crippen LogP contribution is -2.41. The van der Waals surface area contributed by atoms with E-state index in [9.17, 15) is 0 Å². The van der Waals surface area contributed by atoms with Crippen LogP contribution in [0.1, 0.15) is 84.6 Å².